The van der Waals surface area contributed by atoms with Crippen molar-refractivity contribution >= 4 is 37.8 Å². The molecule has 238 valence electrons. The van der Waals surface area contributed by atoms with Crippen molar-refractivity contribution in [3.8, 4) is 28.5 Å². The van der Waals surface area contributed by atoms with Crippen molar-refractivity contribution in [2.75, 3.05) is 19.4 Å². The molecule has 2 N–H and O–H groups in total. The predicted octanol–water partition coefficient (Wildman–Crippen LogP) is 5.03. The molecule has 2 saturated carbocycles. The zero-order valence-electron chi connectivity index (χ0n) is 26.3. The first-order valence-corrected chi connectivity index (χ1v) is 17.8. The second kappa shape index (κ2) is 10.7. The average Bonchev–Trinajstić information content (AvgIpc) is 3.47. The van der Waals surface area contributed by atoms with E-state index in [2.05, 4.69) is 16.7 Å². The molecule has 2 aliphatic carbocycles. The number of aromatic nitrogens is 4. The molecule has 1 amide bonds. The first-order valence-electron chi connectivity index (χ1n) is 16.1. The maximum Gasteiger partial charge on any atom is 0.254 e. The number of aryl methyl sites for hydroxylation is 1. The molecule has 3 fully saturated rings. The number of rotatable bonds is 8. The van der Waals surface area contributed by atoms with Gasteiger partial charge in [0.15, 0.2) is 15.7 Å². The number of sulfone groups is 1. The van der Waals surface area contributed by atoms with Gasteiger partial charge in [0, 0.05) is 48.7 Å². The molecular weight excluding hydrogens is 600 g/mol. The van der Waals surface area contributed by atoms with Gasteiger partial charge in [-0.25, -0.2) is 18.4 Å². The Kier molecular flexibility index (Phi) is 6.77. The molecule has 1 saturated heterocycles. The van der Waals surface area contributed by atoms with Gasteiger partial charge < -0.3 is 24.5 Å². The van der Waals surface area contributed by atoms with Gasteiger partial charge in [0.25, 0.3) is 5.91 Å². The van der Waals surface area contributed by atoms with Crippen LogP contribution in [0.2, 0.25) is 0 Å². The number of benzene rings is 2. The van der Waals surface area contributed by atoms with Crippen molar-refractivity contribution in [2.24, 2.45) is 24.6 Å². The van der Waals surface area contributed by atoms with Crippen LogP contribution in [0.3, 0.4) is 0 Å². The van der Waals surface area contributed by atoms with Gasteiger partial charge in [0.05, 0.1) is 34.7 Å². The minimum atomic E-state index is -3.28. The average molecular weight is 639 g/mol. The van der Waals surface area contributed by atoms with Crippen LogP contribution < -0.4 is 10.5 Å². The molecular formula is C35H38N6O4S. The predicted molar refractivity (Wildman–Crippen MR) is 177 cm³/mol. The quantitative estimate of drug-likeness (QED) is 0.253. The number of carbonyl (C=O) groups is 1. The van der Waals surface area contributed by atoms with Crippen LogP contribution in [0.1, 0.15) is 43.0 Å². The third-order valence-corrected chi connectivity index (χ3v) is 12.1. The van der Waals surface area contributed by atoms with E-state index in [9.17, 15) is 13.2 Å². The van der Waals surface area contributed by atoms with E-state index in [4.69, 9.17) is 20.4 Å². The van der Waals surface area contributed by atoms with Gasteiger partial charge in [-0.05, 0) is 80.0 Å². The molecule has 3 aliphatic rings. The maximum absolute atomic E-state index is 13.7. The van der Waals surface area contributed by atoms with Crippen LogP contribution in [0.25, 0.3) is 44.8 Å². The monoisotopic (exact) mass is 638 g/mol. The number of ether oxygens (including phenoxy) is 1. The van der Waals surface area contributed by atoms with Gasteiger partial charge in [0.1, 0.15) is 16.9 Å². The molecule has 1 aliphatic heterocycles. The summed E-state index contributed by atoms with van der Waals surface area (Å²) in [5.41, 5.74) is 12.0. The minimum Gasteiger partial charge on any atom is -0.494 e. The Balaban J connectivity index is 1.21. The molecule has 0 unspecified atom stereocenters. The fraction of sp³-hybridized carbons (Fsp3) is 0.400. The Hall–Kier alpha value is -4.22. The van der Waals surface area contributed by atoms with Crippen molar-refractivity contribution in [3.05, 3.63) is 60.2 Å². The third-order valence-electron chi connectivity index (χ3n) is 10.3. The summed E-state index contributed by atoms with van der Waals surface area (Å²) in [5, 5.41) is 1.000. The highest BCUT2D eigenvalue weighted by atomic mass is 32.2. The standard InChI is InChI=1S/C35H38N6O4S/c1-4-46(43,44)25-11-7-21(8-12-25)26-13-9-22-16-29(40(33(22)37-26)18-20-5-6-20)34-38-27-15-24(17-30(45-3)32(27)39(34)2)35(42)41-19-23-10-14-28(41)31(23)36/h7-9,11-13,15-17,20,23,28,31H,4-6,10,14,18-19,36H2,1-3H3/t23-,28-,31-/m1/s1. The lowest BCUT2D eigenvalue weighted by Crippen LogP contribution is -2.41. The highest BCUT2D eigenvalue weighted by molar-refractivity contribution is 7.91. The number of carbonyl (C=O) groups excluding carboxylic acids is 1. The molecule has 4 heterocycles. The number of nitrogens with two attached hydrogens (primary N) is 1. The van der Waals surface area contributed by atoms with Crippen LogP contribution in [0.4, 0.5) is 0 Å². The first kappa shape index (κ1) is 29.2. The van der Waals surface area contributed by atoms with E-state index in [1.165, 1.54) is 12.8 Å². The summed E-state index contributed by atoms with van der Waals surface area (Å²) in [6, 6.07) is 17.0. The van der Waals surface area contributed by atoms with Gasteiger partial charge in [-0.1, -0.05) is 19.1 Å². The van der Waals surface area contributed by atoms with Gasteiger partial charge >= 0.3 is 0 Å². The Morgan fingerprint density at radius 3 is 2.46 bits per heavy atom. The van der Waals surface area contributed by atoms with Gasteiger partial charge in [-0.2, -0.15) is 0 Å². The molecule has 2 aromatic carbocycles. The maximum atomic E-state index is 13.7. The van der Waals surface area contributed by atoms with Gasteiger partial charge in [0.2, 0.25) is 0 Å². The molecule has 3 atom stereocenters. The van der Waals surface area contributed by atoms with E-state index in [-0.39, 0.29) is 23.7 Å². The number of nitrogens with zero attached hydrogens (tertiary/aromatic N) is 5. The highest BCUT2D eigenvalue weighted by Crippen LogP contribution is 2.40. The smallest absolute Gasteiger partial charge is 0.254 e. The first-order chi connectivity index (χ1) is 22.2. The third kappa shape index (κ3) is 4.62. The molecule has 2 bridgehead atoms. The normalized spacial score (nSPS) is 21.1. The van der Waals surface area contributed by atoms with Crippen molar-refractivity contribution in [1.82, 2.24) is 24.0 Å². The molecule has 11 heteroatoms. The minimum absolute atomic E-state index is 0.0186. The number of amides is 1. The highest BCUT2D eigenvalue weighted by Gasteiger charge is 2.47. The SMILES string of the molecule is CCS(=O)(=O)c1ccc(-c2ccc3cc(-c4nc5cc(C(=O)N6C[C@H]7CC[C@@H]6[C@@H]7N)cc(OC)c5n4C)n(CC4CC4)c3n2)cc1. The van der Waals surface area contributed by atoms with E-state index in [1.807, 2.05) is 46.8 Å². The molecule has 3 aromatic heterocycles. The summed E-state index contributed by atoms with van der Waals surface area (Å²) in [4.78, 5) is 26.2. The lowest BCUT2D eigenvalue weighted by atomic mass is 10.1. The topological polar surface area (TPSA) is 125 Å². The van der Waals surface area contributed by atoms with Crippen LogP contribution >= 0.6 is 0 Å². The number of pyridine rings is 1. The zero-order chi connectivity index (χ0) is 31.9. The Labute approximate surface area is 268 Å². The van der Waals surface area contributed by atoms with E-state index in [1.54, 1.807) is 26.2 Å². The van der Waals surface area contributed by atoms with E-state index < -0.39 is 9.84 Å². The lowest BCUT2D eigenvalue weighted by molar-refractivity contribution is 0.0700. The second-order valence-corrected chi connectivity index (χ2v) is 15.4. The molecule has 0 spiro atoms. The largest absolute Gasteiger partial charge is 0.494 e. The van der Waals surface area contributed by atoms with Crippen molar-refractivity contribution in [1.29, 1.82) is 0 Å². The lowest BCUT2D eigenvalue weighted by Gasteiger charge is -2.27. The van der Waals surface area contributed by atoms with Crippen LogP contribution in [0, 0.1) is 11.8 Å². The van der Waals surface area contributed by atoms with Crippen LogP contribution in [0.5, 0.6) is 5.75 Å². The van der Waals surface area contributed by atoms with Crippen LogP contribution in [0.15, 0.2) is 59.5 Å². The number of methoxy groups -OCH3 is 1. The van der Waals surface area contributed by atoms with E-state index in [0.29, 0.717) is 40.1 Å². The second-order valence-electron chi connectivity index (χ2n) is 13.1. The number of piperidine rings is 1. The van der Waals surface area contributed by atoms with Crippen LogP contribution in [-0.4, -0.2) is 69.8 Å². The molecule has 10 nitrogen and oxygen atoms in total. The number of hydrogen-bond donors (Lipinski definition) is 1. The molecule has 46 heavy (non-hydrogen) atoms. The Morgan fingerprint density at radius 1 is 1.02 bits per heavy atom. The summed E-state index contributed by atoms with van der Waals surface area (Å²) < 4.78 is 34.8. The zero-order valence-corrected chi connectivity index (χ0v) is 27.1. The molecule has 0 radical (unpaired) electrons. The van der Waals surface area contributed by atoms with E-state index >= 15 is 0 Å². The number of likely N-dealkylation sites (tertiary alicyclic amines) is 1. The van der Waals surface area contributed by atoms with Crippen LogP contribution in [-0.2, 0) is 23.4 Å². The van der Waals surface area contributed by atoms with Gasteiger partial charge in [-0.15, -0.1) is 0 Å². The molecule has 5 aromatic rings. The van der Waals surface area contributed by atoms with Gasteiger partial charge in [-0.3, -0.25) is 4.79 Å². The van der Waals surface area contributed by atoms with Crippen molar-refractivity contribution in [3.63, 3.8) is 0 Å². The number of imidazole rings is 1. The fourth-order valence-corrected chi connectivity index (χ4v) is 8.37. The summed E-state index contributed by atoms with van der Waals surface area (Å²) in [5.74, 6) is 2.38. The summed E-state index contributed by atoms with van der Waals surface area (Å²) in [6.45, 7) is 3.18. The molecule has 8 rings (SSSR count). The Morgan fingerprint density at radius 2 is 1.80 bits per heavy atom. The number of hydrogen-bond acceptors (Lipinski definition) is 7. The number of fused-ring (bicyclic) bond motifs is 4. The van der Waals surface area contributed by atoms with Crippen molar-refractivity contribution in [2.45, 2.75) is 56.1 Å². The van der Waals surface area contributed by atoms with Crippen molar-refractivity contribution < 1.29 is 17.9 Å². The van der Waals surface area contributed by atoms with E-state index in [0.717, 1.165) is 58.7 Å². The Bertz CT molecular complexity index is 2130. The summed E-state index contributed by atoms with van der Waals surface area (Å²) in [6.07, 6.45) is 4.40. The summed E-state index contributed by atoms with van der Waals surface area (Å²) >= 11 is 0. The summed E-state index contributed by atoms with van der Waals surface area (Å²) in [7, 11) is 0.333. The fourth-order valence-electron chi connectivity index (χ4n) is 7.48.